The first-order chi connectivity index (χ1) is 8.04. The number of hydrogen-bond donors (Lipinski definition) is 1. The van der Waals surface area contributed by atoms with Crippen molar-refractivity contribution in [1.82, 2.24) is 0 Å². The van der Waals surface area contributed by atoms with Gasteiger partial charge in [0.2, 0.25) is 0 Å². The topological polar surface area (TPSA) is 37.3 Å². The maximum absolute atomic E-state index is 13.2. The van der Waals surface area contributed by atoms with Crippen molar-refractivity contribution in [2.24, 2.45) is 0 Å². The van der Waals surface area contributed by atoms with E-state index in [1.165, 1.54) is 6.08 Å². The lowest BCUT2D eigenvalue weighted by Crippen LogP contribution is -1.99. The normalized spacial score (nSPS) is 11.6. The van der Waals surface area contributed by atoms with Crippen molar-refractivity contribution >= 4 is 17.7 Å². The minimum absolute atomic E-state index is 0.182. The van der Waals surface area contributed by atoms with Crippen molar-refractivity contribution in [3.05, 3.63) is 41.5 Å². The molecule has 0 aliphatic rings. The number of hydrogen-bond acceptors (Lipinski definition) is 2. The van der Waals surface area contributed by atoms with Crippen LogP contribution in [0, 0.1) is 11.6 Å². The summed E-state index contributed by atoms with van der Waals surface area (Å²) in [4.78, 5) is 10.9. The lowest BCUT2D eigenvalue weighted by Gasteiger charge is -2.02. The first kappa shape index (κ1) is 13.7. The standard InChI is InChI=1S/C12H12F2O2S/c1-2-8(12(15)16)5-6-17-11-7-9(13)3-4-10(11)14/h3-5,7H,2,6H2,1H3,(H,15,16). The smallest absolute Gasteiger partial charge is 0.331 e. The lowest BCUT2D eigenvalue weighted by molar-refractivity contribution is -0.132. The molecule has 1 N–H and O–H groups in total. The molecule has 17 heavy (non-hydrogen) atoms. The van der Waals surface area contributed by atoms with Crippen LogP contribution in [0.15, 0.2) is 34.7 Å². The summed E-state index contributed by atoms with van der Waals surface area (Å²) in [7, 11) is 0. The van der Waals surface area contributed by atoms with E-state index >= 15 is 0 Å². The highest BCUT2D eigenvalue weighted by molar-refractivity contribution is 7.99. The SMILES string of the molecule is CCC(=CCSc1cc(F)ccc1F)C(=O)O. The molecule has 2 nitrogen and oxygen atoms in total. The third-order valence-corrected chi connectivity index (χ3v) is 3.07. The molecule has 0 bridgehead atoms. The second-order valence-corrected chi connectivity index (χ2v) is 4.34. The highest BCUT2D eigenvalue weighted by Crippen LogP contribution is 2.23. The monoisotopic (exact) mass is 258 g/mol. The van der Waals surface area contributed by atoms with Crippen LogP contribution in [0.4, 0.5) is 8.78 Å². The average molecular weight is 258 g/mol. The van der Waals surface area contributed by atoms with Crippen LogP contribution in [0.1, 0.15) is 13.3 Å². The molecule has 0 atom stereocenters. The maximum atomic E-state index is 13.2. The number of carboxylic acid groups (broad SMARTS) is 1. The van der Waals surface area contributed by atoms with Crippen molar-refractivity contribution in [2.45, 2.75) is 18.2 Å². The molecule has 92 valence electrons. The molecular formula is C12H12F2O2S. The van der Waals surface area contributed by atoms with Crippen molar-refractivity contribution in [3.63, 3.8) is 0 Å². The van der Waals surface area contributed by atoms with Crippen LogP contribution < -0.4 is 0 Å². The molecule has 0 aromatic heterocycles. The Hall–Kier alpha value is -1.36. The van der Waals surface area contributed by atoms with Gasteiger partial charge in [0.25, 0.3) is 0 Å². The quantitative estimate of drug-likeness (QED) is 0.649. The zero-order chi connectivity index (χ0) is 12.8. The van der Waals surface area contributed by atoms with Gasteiger partial charge in [0.1, 0.15) is 11.6 Å². The fraction of sp³-hybridized carbons (Fsp3) is 0.250. The van der Waals surface area contributed by atoms with Gasteiger partial charge in [-0.15, -0.1) is 11.8 Å². The second kappa shape index (κ2) is 6.39. The first-order valence-electron chi connectivity index (χ1n) is 5.04. The Morgan fingerprint density at radius 1 is 1.47 bits per heavy atom. The van der Waals surface area contributed by atoms with Gasteiger partial charge in [-0.1, -0.05) is 13.0 Å². The van der Waals surface area contributed by atoms with E-state index in [1.54, 1.807) is 6.92 Å². The third-order valence-electron chi connectivity index (χ3n) is 2.12. The minimum Gasteiger partial charge on any atom is -0.478 e. The van der Waals surface area contributed by atoms with Crippen LogP contribution in [0.2, 0.25) is 0 Å². The number of aliphatic carboxylic acids is 1. The Bertz CT molecular complexity index is 444. The van der Waals surface area contributed by atoms with E-state index in [-0.39, 0.29) is 10.5 Å². The van der Waals surface area contributed by atoms with E-state index in [2.05, 4.69) is 0 Å². The largest absolute Gasteiger partial charge is 0.478 e. The molecule has 1 rings (SSSR count). The second-order valence-electron chi connectivity index (χ2n) is 3.27. The lowest BCUT2D eigenvalue weighted by atomic mass is 10.2. The number of halogens is 2. The van der Waals surface area contributed by atoms with Gasteiger partial charge >= 0.3 is 5.97 Å². The first-order valence-corrected chi connectivity index (χ1v) is 6.03. The predicted molar refractivity (Wildman–Crippen MR) is 63.1 cm³/mol. The van der Waals surface area contributed by atoms with E-state index in [1.807, 2.05) is 0 Å². The molecule has 1 aromatic carbocycles. The van der Waals surface area contributed by atoms with Crippen LogP contribution in [0.3, 0.4) is 0 Å². The summed E-state index contributed by atoms with van der Waals surface area (Å²) in [6, 6.07) is 3.20. The van der Waals surface area contributed by atoms with E-state index < -0.39 is 17.6 Å². The summed E-state index contributed by atoms with van der Waals surface area (Å²) < 4.78 is 26.0. The Balaban J connectivity index is 2.67. The van der Waals surface area contributed by atoms with Gasteiger partial charge in [0, 0.05) is 16.2 Å². The maximum Gasteiger partial charge on any atom is 0.331 e. The van der Waals surface area contributed by atoms with E-state index in [9.17, 15) is 13.6 Å². The summed E-state index contributed by atoms with van der Waals surface area (Å²) in [6.07, 6.45) is 1.92. The molecule has 0 fully saturated rings. The summed E-state index contributed by atoms with van der Waals surface area (Å²) in [6.45, 7) is 1.73. The molecule has 0 spiro atoms. The molecular weight excluding hydrogens is 246 g/mol. The molecule has 0 radical (unpaired) electrons. The number of carboxylic acids is 1. The molecule has 0 unspecified atom stereocenters. The zero-order valence-electron chi connectivity index (χ0n) is 9.24. The Kier molecular flexibility index (Phi) is 5.15. The Morgan fingerprint density at radius 3 is 2.76 bits per heavy atom. The number of benzene rings is 1. The third kappa shape index (κ3) is 4.19. The van der Waals surface area contributed by atoms with Gasteiger partial charge < -0.3 is 5.11 Å². The van der Waals surface area contributed by atoms with Crippen LogP contribution in [-0.2, 0) is 4.79 Å². The van der Waals surface area contributed by atoms with E-state index in [4.69, 9.17) is 5.11 Å². The molecule has 0 saturated heterocycles. The Morgan fingerprint density at radius 2 is 2.18 bits per heavy atom. The molecule has 0 amide bonds. The molecule has 0 aliphatic heterocycles. The molecule has 0 saturated carbocycles. The average Bonchev–Trinajstić information content (AvgIpc) is 2.28. The molecule has 0 aliphatic carbocycles. The number of rotatable bonds is 5. The fourth-order valence-corrected chi connectivity index (χ4v) is 2.07. The minimum atomic E-state index is -0.979. The van der Waals surface area contributed by atoms with Gasteiger partial charge in [0.15, 0.2) is 0 Å². The van der Waals surface area contributed by atoms with Crippen LogP contribution in [0.5, 0.6) is 0 Å². The highest BCUT2D eigenvalue weighted by atomic mass is 32.2. The van der Waals surface area contributed by atoms with Crippen molar-refractivity contribution in [2.75, 3.05) is 5.75 Å². The van der Waals surface area contributed by atoms with Gasteiger partial charge in [-0.25, -0.2) is 13.6 Å². The van der Waals surface area contributed by atoms with Crippen LogP contribution >= 0.6 is 11.8 Å². The molecule has 0 heterocycles. The van der Waals surface area contributed by atoms with Gasteiger partial charge in [-0.2, -0.15) is 0 Å². The zero-order valence-corrected chi connectivity index (χ0v) is 10.1. The van der Waals surface area contributed by atoms with Crippen molar-refractivity contribution in [1.29, 1.82) is 0 Å². The van der Waals surface area contributed by atoms with Gasteiger partial charge in [-0.05, 0) is 24.6 Å². The molecule has 1 aromatic rings. The van der Waals surface area contributed by atoms with Gasteiger partial charge in [-0.3, -0.25) is 0 Å². The summed E-state index contributed by atoms with van der Waals surface area (Å²) in [5.41, 5.74) is 0.273. The summed E-state index contributed by atoms with van der Waals surface area (Å²) in [5.74, 6) is -1.69. The fourth-order valence-electron chi connectivity index (χ4n) is 1.20. The van der Waals surface area contributed by atoms with E-state index in [0.29, 0.717) is 12.2 Å². The molecule has 5 heteroatoms. The van der Waals surface area contributed by atoms with Crippen molar-refractivity contribution < 1.29 is 18.7 Å². The predicted octanol–water partition coefficient (Wildman–Crippen LogP) is 3.48. The summed E-state index contributed by atoms with van der Waals surface area (Å²) in [5, 5.41) is 8.76. The van der Waals surface area contributed by atoms with Gasteiger partial charge in [0.05, 0.1) is 0 Å². The summed E-state index contributed by atoms with van der Waals surface area (Å²) >= 11 is 1.07. The van der Waals surface area contributed by atoms with Crippen molar-refractivity contribution in [3.8, 4) is 0 Å². The van der Waals surface area contributed by atoms with E-state index in [0.717, 1.165) is 30.0 Å². The van der Waals surface area contributed by atoms with Crippen LogP contribution in [-0.4, -0.2) is 16.8 Å². The van der Waals surface area contributed by atoms with Crippen LogP contribution in [0.25, 0.3) is 0 Å². The number of carbonyl (C=O) groups is 1. The highest BCUT2D eigenvalue weighted by Gasteiger charge is 2.06. The number of thioether (sulfide) groups is 1. The Labute approximate surface area is 102 Å².